The van der Waals surface area contributed by atoms with Crippen LogP contribution in [-0.4, -0.2) is 32.1 Å². The number of anilines is 1. The molecule has 4 nitrogen and oxygen atoms in total. The second kappa shape index (κ2) is 6.07. The molecule has 0 aromatic heterocycles. The molecular weight excluding hydrogens is 250 g/mol. The first kappa shape index (κ1) is 13.2. The van der Waals surface area contributed by atoms with Gasteiger partial charge in [-0.15, -0.1) is 0 Å². The highest BCUT2D eigenvalue weighted by molar-refractivity contribution is 6.34. The maximum Gasteiger partial charge on any atom is 0.252 e. The van der Waals surface area contributed by atoms with Crippen LogP contribution in [0.1, 0.15) is 23.2 Å². The number of hydrogen-bond acceptors (Lipinski definition) is 3. The third-order valence-corrected chi connectivity index (χ3v) is 3.44. The van der Waals surface area contributed by atoms with Gasteiger partial charge in [0.25, 0.3) is 5.91 Å². The molecule has 2 rings (SSSR count). The second-order valence-corrected chi connectivity index (χ2v) is 4.87. The van der Waals surface area contributed by atoms with Gasteiger partial charge < -0.3 is 16.0 Å². The minimum absolute atomic E-state index is 0.162. The van der Waals surface area contributed by atoms with E-state index in [2.05, 4.69) is 16.0 Å². The fourth-order valence-corrected chi connectivity index (χ4v) is 2.34. The van der Waals surface area contributed by atoms with Crippen molar-refractivity contribution in [2.75, 3.05) is 25.5 Å². The van der Waals surface area contributed by atoms with Crippen LogP contribution in [0, 0.1) is 0 Å². The Morgan fingerprint density at radius 2 is 2.33 bits per heavy atom. The van der Waals surface area contributed by atoms with Crippen LogP contribution in [-0.2, 0) is 0 Å². The molecule has 1 unspecified atom stereocenters. The Bertz CT molecular complexity index is 430. The summed E-state index contributed by atoms with van der Waals surface area (Å²) in [6.45, 7) is 2.04. The fourth-order valence-electron chi connectivity index (χ4n) is 2.13. The molecule has 1 aromatic rings. The molecule has 1 amide bonds. The van der Waals surface area contributed by atoms with Crippen molar-refractivity contribution >= 4 is 23.2 Å². The smallest absolute Gasteiger partial charge is 0.252 e. The molecule has 3 N–H and O–H groups in total. The van der Waals surface area contributed by atoms with E-state index in [4.69, 9.17) is 11.6 Å². The van der Waals surface area contributed by atoms with Crippen molar-refractivity contribution in [2.45, 2.75) is 18.9 Å². The first-order valence-corrected chi connectivity index (χ1v) is 6.57. The number of amides is 1. The quantitative estimate of drug-likeness (QED) is 0.784. The van der Waals surface area contributed by atoms with Crippen molar-refractivity contribution in [3.8, 4) is 0 Å². The summed E-state index contributed by atoms with van der Waals surface area (Å²) in [5, 5.41) is 9.84. The van der Waals surface area contributed by atoms with Gasteiger partial charge in [-0.05, 0) is 37.6 Å². The molecule has 0 radical (unpaired) electrons. The topological polar surface area (TPSA) is 53.2 Å². The molecule has 1 fully saturated rings. The van der Waals surface area contributed by atoms with Gasteiger partial charge in [0.15, 0.2) is 0 Å². The Labute approximate surface area is 112 Å². The molecule has 1 aliphatic rings. The van der Waals surface area contributed by atoms with E-state index in [0.717, 1.165) is 25.2 Å². The van der Waals surface area contributed by atoms with Crippen LogP contribution in [0.5, 0.6) is 0 Å². The molecule has 1 saturated heterocycles. The van der Waals surface area contributed by atoms with Crippen molar-refractivity contribution in [1.29, 1.82) is 0 Å². The fraction of sp³-hybridized carbons (Fsp3) is 0.462. The van der Waals surface area contributed by atoms with E-state index in [0.29, 0.717) is 16.6 Å². The lowest BCUT2D eigenvalue weighted by Gasteiger charge is -2.25. The van der Waals surface area contributed by atoms with Gasteiger partial charge in [0.1, 0.15) is 0 Å². The van der Waals surface area contributed by atoms with E-state index in [1.807, 2.05) is 6.07 Å². The predicted molar refractivity (Wildman–Crippen MR) is 74.4 cm³/mol. The molecule has 1 aromatic carbocycles. The molecule has 0 saturated carbocycles. The summed E-state index contributed by atoms with van der Waals surface area (Å²) in [6, 6.07) is 5.88. The maximum atomic E-state index is 11.6. The van der Waals surface area contributed by atoms with E-state index in [9.17, 15) is 4.79 Å². The lowest BCUT2D eigenvalue weighted by Crippen LogP contribution is -2.38. The highest BCUT2D eigenvalue weighted by atomic mass is 35.5. The number of halogens is 1. The Hall–Kier alpha value is -1.26. The van der Waals surface area contributed by atoms with Crippen molar-refractivity contribution < 1.29 is 4.79 Å². The zero-order valence-corrected chi connectivity index (χ0v) is 11.2. The number of nitrogens with one attached hydrogen (secondary N) is 3. The van der Waals surface area contributed by atoms with Gasteiger partial charge in [0, 0.05) is 25.3 Å². The summed E-state index contributed by atoms with van der Waals surface area (Å²) in [5.74, 6) is -0.162. The number of piperidine rings is 1. The summed E-state index contributed by atoms with van der Waals surface area (Å²) < 4.78 is 0. The van der Waals surface area contributed by atoms with Gasteiger partial charge >= 0.3 is 0 Å². The lowest BCUT2D eigenvalue weighted by atomic mass is 10.1. The molecule has 1 heterocycles. The molecule has 0 spiro atoms. The van der Waals surface area contributed by atoms with E-state index in [-0.39, 0.29) is 5.91 Å². The van der Waals surface area contributed by atoms with Crippen LogP contribution in [0.3, 0.4) is 0 Å². The Balaban J connectivity index is 2.11. The van der Waals surface area contributed by atoms with E-state index >= 15 is 0 Å². The molecule has 18 heavy (non-hydrogen) atoms. The Morgan fingerprint density at radius 3 is 3.00 bits per heavy atom. The van der Waals surface area contributed by atoms with Crippen molar-refractivity contribution in [3.05, 3.63) is 28.8 Å². The maximum absolute atomic E-state index is 11.6. The molecule has 1 atom stereocenters. The highest BCUT2D eigenvalue weighted by Gasteiger charge is 2.14. The highest BCUT2D eigenvalue weighted by Crippen LogP contribution is 2.21. The summed E-state index contributed by atoms with van der Waals surface area (Å²) in [6.07, 6.45) is 2.32. The number of carbonyl (C=O) groups is 1. The molecule has 0 bridgehead atoms. The summed E-state index contributed by atoms with van der Waals surface area (Å²) in [5.41, 5.74) is 1.44. The zero-order chi connectivity index (χ0) is 13.0. The molecule has 1 aliphatic heterocycles. The van der Waals surface area contributed by atoms with Gasteiger partial charge in [-0.3, -0.25) is 4.79 Å². The van der Waals surface area contributed by atoms with Crippen molar-refractivity contribution in [3.63, 3.8) is 0 Å². The Kier molecular flexibility index (Phi) is 4.44. The standard InChI is InChI=1S/C13H18ClN3O/c1-15-13(18)11-7-9(4-5-12(11)14)17-10-3-2-6-16-8-10/h4-5,7,10,16-17H,2-3,6,8H2,1H3,(H,15,18). The summed E-state index contributed by atoms with van der Waals surface area (Å²) in [4.78, 5) is 11.6. The van der Waals surface area contributed by atoms with Crippen LogP contribution in [0.2, 0.25) is 5.02 Å². The average Bonchev–Trinajstić information content (AvgIpc) is 2.41. The van der Waals surface area contributed by atoms with Crippen LogP contribution < -0.4 is 16.0 Å². The first-order valence-electron chi connectivity index (χ1n) is 6.19. The van der Waals surface area contributed by atoms with Crippen molar-refractivity contribution in [2.24, 2.45) is 0 Å². The SMILES string of the molecule is CNC(=O)c1cc(NC2CCCNC2)ccc1Cl. The normalized spacial score (nSPS) is 19.3. The zero-order valence-electron chi connectivity index (χ0n) is 10.4. The van der Waals surface area contributed by atoms with Crippen molar-refractivity contribution in [1.82, 2.24) is 10.6 Å². The van der Waals surface area contributed by atoms with E-state index in [1.54, 1.807) is 19.2 Å². The number of benzene rings is 1. The minimum Gasteiger partial charge on any atom is -0.381 e. The minimum atomic E-state index is -0.162. The molecule has 98 valence electrons. The number of carbonyl (C=O) groups excluding carboxylic acids is 1. The first-order chi connectivity index (χ1) is 8.70. The Morgan fingerprint density at radius 1 is 1.50 bits per heavy atom. The number of rotatable bonds is 3. The van der Waals surface area contributed by atoms with Gasteiger partial charge in [0.05, 0.1) is 10.6 Å². The molecule has 0 aliphatic carbocycles. The average molecular weight is 268 g/mol. The van der Waals surface area contributed by atoms with E-state index in [1.165, 1.54) is 6.42 Å². The van der Waals surface area contributed by atoms with E-state index < -0.39 is 0 Å². The van der Waals surface area contributed by atoms with Gasteiger partial charge in [0.2, 0.25) is 0 Å². The molecular formula is C13H18ClN3O. The van der Waals surface area contributed by atoms with Gasteiger partial charge in [-0.25, -0.2) is 0 Å². The predicted octanol–water partition coefficient (Wildman–Crippen LogP) is 1.86. The van der Waals surface area contributed by atoms with Crippen LogP contribution in [0.15, 0.2) is 18.2 Å². The lowest BCUT2D eigenvalue weighted by molar-refractivity contribution is 0.0963. The third-order valence-electron chi connectivity index (χ3n) is 3.11. The number of hydrogen-bond donors (Lipinski definition) is 3. The second-order valence-electron chi connectivity index (χ2n) is 4.46. The third kappa shape index (κ3) is 3.15. The van der Waals surface area contributed by atoms with Crippen LogP contribution in [0.4, 0.5) is 5.69 Å². The molecule has 5 heteroatoms. The van der Waals surface area contributed by atoms with Crippen LogP contribution >= 0.6 is 11.6 Å². The monoisotopic (exact) mass is 267 g/mol. The summed E-state index contributed by atoms with van der Waals surface area (Å²) in [7, 11) is 1.60. The van der Waals surface area contributed by atoms with Crippen LogP contribution in [0.25, 0.3) is 0 Å². The van der Waals surface area contributed by atoms with Gasteiger partial charge in [-0.1, -0.05) is 11.6 Å². The van der Waals surface area contributed by atoms with Gasteiger partial charge in [-0.2, -0.15) is 0 Å². The summed E-state index contributed by atoms with van der Waals surface area (Å²) >= 11 is 6.01. The largest absolute Gasteiger partial charge is 0.381 e.